The monoisotopic (exact) mass is 545 g/mol. The number of thioether (sulfide) groups is 1. The van der Waals surface area contributed by atoms with Gasteiger partial charge >= 0.3 is 0 Å². The van der Waals surface area contributed by atoms with Crippen LogP contribution in [0.25, 0.3) is 0 Å². The van der Waals surface area contributed by atoms with Gasteiger partial charge in [-0.15, -0.1) is 24.0 Å². The Morgan fingerprint density at radius 1 is 1.27 bits per heavy atom. The molecular weight excluding hydrogens is 513 g/mol. The highest BCUT2D eigenvalue weighted by Crippen LogP contribution is 2.24. The normalized spacial score (nSPS) is 19.9. The molecule has 2 N–H and O–H groups in total. The third kappa shape index (κ3) is 6.50. The molecule has 1 unspecified atom stereocenters. The van der Waals surface area contributed by atoms with Gasteiger partial charge in [0.05, 0.1) is 6.54 Å². The van der Waals surface area contributed by atoms with Gasteiger partial charge in [-0.1, -0.05) is 26.0 Å². The van der Waals surface area contributed by atoms with Crippen LogP contribution in [0.15, 0.2) is 29.3 Å². The topological polar surface area (TPSA) is 77.0 Å². The van der Waals surface area contributed by atoms with Gasteiger partial charge in [0.2, 0.25) is 5.91 Å². The minimum Gasteiger partial charge on any atom is -0.353 e. The molecule has 0 bridgehead atoms. The van der Waals surface area contributed by atoms with Gasteiger partial charge in [-0.25, -0.2) is 0 Å². The van der Waals surface area contributed by atoms with Crippen molar-refractivity contribution in [1.29, 1.82) is 0 Å². The van der Waals surface area contributed by atoms with Crippen molar-refractivity contribution >= 4 is 53.5 Å². The van der Waals surface area contributed by atoms with Gasteiger partial charge in [-0.2, -0.15) is 11.8 Å². The zero-order valence-electron chi connectivity index (χ0n) is 17.9. The number of halogens is 1. The molecule has 1 aromatic carbocycles. The van der Waals surface area contributed by atoms with Crippen molar-refractivity contribution in [2.45, 2.75) is 25.6 Å². The predicted octanol–water partition coefficient (Wildman–Crippen LogP) is 2.03. The summed E-state index contributed by atoms with van der Waals surface area (Å²) in [6, 6.07) is 7.59. The Bertz CT molecular complexity index is 756. The van der Waals surface area contributed by atoms with Crippen LogP contribution in [0, 0.1) is 5.92 Å². The van der Waals surface area contributed by atoms with Crippen molar-refractivity contribution in [2.75, 3.05) is 45.5 Å². The van der Waals surface area contributed by atoms with Gasteiger partial charge in [0.1, 0.15) is 0 Å². The number of nitrogens with zero attached hydrogens (tertiary/aromatic N) is 3. The molecule has 7 nitrogen and oxygen atoms in total. The maximum Gasteiger partial charge on any atom is 0.254 e. The molecule has 30 heavy (non-hydrogen) atoms. The van der Waals surface area contributed by atoms with Crippen LogP contribution in [0.5, 0.6) is 0 Å². The van der Waals surface area contributed by atoms with Crippen LogP contribution in [-0.4, -0.2) is 78.3 Å². The van der Waals surface area contributed by atoms with E-state index in [1.807, 2.05) is 43.1 Å². The van der Waals surface area contributed by atoms with Crippen LogP contribution < -0.4 is 10.6 Å². The number of aliphatic imine (C=N–C) groups is 1. The number of amides is 2. The zero-order chi connectivity index (χ0) is 20.8. The minimum atomic E-state index is -0.104. The molecule has 2 amide bonds. The molecule has 0 spiro atoms. The SMILES string of the molecule is CN=C(NCc1ccc(C(=O)N2CCNC(=O)C2)cc1)N1CCSC(C(C)C)C1.I. The van der Waals surface area contributed by atoms with E-state index in [9.17, 15) is 9.59 Å². The van der Waals surface area contributed by atoms with Gasteiger partial charge in [0, 0.05) is 56.3 Å². The molecule has 9 heteroatoms. The van der Waals surface area contributed by atoms with E-state index >= 15 is 0 Å². The van der Waals surface area contributed by atoms with Crippen LogP contribution in [0.2, 0.25) is 0 Å². The standard InChI is InChI=1S/C21H31N5O2S.HI/c1-15(2)18-13-26(10-11-29-18)21(22-3)24-12-16-4-6-17(7-5-16)20(28)25-9-8-23-19(27)14-25;/h4-7,15,18H,8-14H2,1-3H3,(H,22,24)(H,23,27);1H. The van der Waals surface area contributed by atoms with Crippen molar-refractivity contribution in [3.63, 3.8) is 0 Å². The lowest BCUT2D eigenvalue weighted by Gasteiger charge is -2.36. The van der Waals surface area contributed by atoms with Crippen molar-refractivity contribution in [3.8, 4) is 0 Å². The second-order valence-corrected chi connectivity index (χ2v) is 9.12. The Morgan fingerprint density at radius 3 is 2.63 bits per heavy atom. The Balaban J connectivity index is 0.00000320. The Morgan fingerprint density at radius 2 is 2.00 bits per heavy atom. The lowest BCUT2D eigenvalue weighted by atomic mass is 10.1. The highest BCUT2D eigenvalue weighted by molar-refractivity contribution is 14.0. The molecule has 1 aromatic rings. The fraction of sp³-hybridized carbons (Fsp3) is 0.571. The summed E-state index contributed by atoms with van der Waals surface area (Å²) in [5.74, 6) is 2.50. The first-order chi connectivity index (χ1) is 14.0. The van der Waals surface area contributed by atoms with Crippen LogP contribution in [-0.2, 0) is 11.3 Å². The number of carbonyl (C=O) groups excluding carboxylic acids is 2. The summed E-state index contributed by atoms with van der Waals surface area (Å²) in [5, 5.41) is 6.82. The van der Waals surface area contributed by atoms with E-state index in [1.54, 1.807) is 4.90 Å². The second kappa shape index (κ2) is 11.8. The summed E-state index contributed by atoms with van der Waals surface area (Å²) in [4.78, 5) is 32.4. The smallest absolute Gasteiger partial charge is 0.254 e. The minimum absolute atomic E-state index is 0. The summed E-state index contributed by atoms with van der Waals surface area (Å²) < 4.78 is 0. The number of rotatable bonds is 4. The molecule has 0 aromatic heterocycles. The summed E-state index contributed by atoms with van der Waals surface area (Å²) in [6.45, 7) is 8.41. The third-order valence-corrected chi connectivity index (χ3v) is 6.87. The summed E-state index contributed by atoms with van der Waals surface area (Å²) in [7, 11) is 1.82. The van der Waals surface area contributed by atoms with Gasteiger partial charge in [0.15, 0.2) is 5.96 Å². The van der Waals surface area contributed by atoms with E-state index in [0.29, 0.717) is 36.4 Å². The maximum absolute atomic E-state index is 12.6. The number of piperazine rings is 1. The number of hydrogen-bond donors (Lipinski definition) is 2. The van der Waals surface area contributed by atoms with E-state index in [-0.39, 0.29) is 42.3 Å². The largest absolute Gasteiger partial charge is 0.353 e. The second-order valence-electron chi connectivity index (χ2n) is 7.77. The average Bonchev–Trinajstić information content (AvgIpc) is 2.74. The molecule has 0 radical (unpaired) electrons. The van der Waals surface area contributed by atoms with Crippen molar-refractivity contribution < 1.29 is 9.59 Å². The summed E-state index contributed by atoms with van der Waals surface area (Å²) in [6.07, 6.45) is 0. The van der Waals surface area contributed by atoms with Crippen LogP contribution >= 0.6 is 35.7 Å². The summed E-state index contributed by atoms with van der Waals surface area (Å²) in [5.41, 5.74) is 1.70. The van der Waals surface area contributed by atoms with E-state index in [2.05, 4.69) is 34.4 Å². The van der Waals surface area contributed by atoms with E-state index in [4.69, 9.17) is 0 Å². The number of nitrogens with one attached hydrogen (secondary N) is 2. The maximum atomic E-state index is 12.6. The number of benzene rings is 1. The fourth-order valence-corrected chi connectivity index (χ4v) is 4.84. The molecule has 3 rings (SSSR count). The van der Waals surface area contributed by atoms with Gasteiger partial charge in [-0.05, 0) is 23.6 Å². The number of hydrogen-bond acceptors (Lipinski definition) is 4. The van der Waals surface area contributed by atoms with Crippen molar-refractivity contribution in [3.05, 3.63) is 35.4 Å². The Labute approximate surface area is 200 Å². The third-order valence-electron chi connectivity index (χ3n) is 5.33. The van der Waals surface area contributed by atoms with Crippen LogP contribution in [0.3, 0.4) is 0 Å². The van der Waals surface area contributed by atoms with Crippen LogP contribution in [0.4, 0.5) is 0 Å². The summed E-state index contributed by atoms with van der Waals surface area (Å²) >= 11 is 2.05. The molecule has 1 atom stereocenters. The molecule has 2 saturated heterocycles. The molecule has 0 aliphatic carbocycles. The van der Waals surface area contributed by atoms with Crippen molar-refractivity contribution in [2.24, 2.45) is 10.9 Å². The number of guanidine groups is 1. The molecule has 166 valence electrons. The zero-order valence-corrected chi connectivity index (χ0v) is 21.0. The van der Waals surface area contributed by atoms with Gasteiger partial charge in [0.25, 0.3) is 5.91 Å². The molecule has 2 aliphatic heterocycles. The Kier molecular flexibility index (Phi) is 9.73. The van der Waals surface area contributed by atoms with Crippen molar-refractivity contribution in [1.82, 2.24) is 20.4 Å². The molecule has 2 fully saturated rings. The first kappa shape index (κ1) is 24.8. The van der Waals surface area contributed by atoms with Gasteiger partial charge in [-0.3, -0.25) is 14.6 Å². The molecule has 0 saturated carbocycles. The molecule has 2 heterocycles. The van der Waals surface area contributed by atoms with E-state index < -0.39 is 0 Å². The fourth-order valence-electron chi connectivity index (χ4n) is 3.54. The molecular formula is C21H32IN5O2S. The van der Waals surface area contributed by atoms with Gasteiger partial charge < -0.3 is 20.4 Å². The Hall–Kier alpha value is -1.49. The quantitative estimate of drug-likeness (QED) is 0.344. The first-order valence-electron chi connectivity index (χ1n) is 10.2. The molecule has 2 aliphatic rings. The highest BCUT2D eigenvalue weighted by atomic mass is 127. The van der Waals surface area contributed by atoms with E-state index in [0.717, 1.165) is 30.4 Å². The van der Waals surface area contributed by atoms with Crippen LogP contribution in [0.1, 0.15) is 29.8 Å². The first-order valence-corrected chi connectivity index (χ1v) is 11.2. The lowest BCUT2D eigenvalue weighted by molar-refractivity contribution is -0.123. The van der Waals surface area contributed by atoms with E-state index in [1.165, 1.54) is 0 Å². The average molecular weight is 545 g/mol. The number of carbonyl (C=O) groups is 2. The predicted molar refractivity (Wildman–Crippen MR) is 134 cm³/mol. The lowest BCUT2D eigenvalue weighted by Crippen LogP contribution is -2.50. The highest BCUT2D eigenvalue weighted by Gasteiger charge is 2.25.